The summed E-state index contributed by atoms with van der Waals surface area (Å²) in [5.41, 5.74) is 5.63. The summed E-state index contributed by atoms with van der Waals surface area (Å²) >= 11 is 1.46. The van der Waals surface area contributed by atoms with Crippen LogP contribution in [0.3, 0.4) is 0 Å². The van der Waals surface area contributed by atoms with Crippen LogP contribution in [0, 0.1) is 24.0 Å². The van der Waals surface area contributed by atoms with Crippen LogP contribution in [0.15, 0.2) is 65.8 Å². The van der Waals surface area contributed by atoms with Gasteiger partial charge in [-0.25, -0.2) is 0 Å². The Labute approximate surface area is 200 Å². The van der Waals surface area contributed by atoms with Gasteiger partial charge in [-0.05, 0) is 32.0 Å². The first kappa shape index (κ1) is 22.1. The molecule has 1 aliphatic heterocycles. The van der Waals surface area contributed by atoms with Crippen LogP contribution in [-0.2, 0) is 17.1 Å². The van der Waals surface area contributed by atoms with Crippen LogP contribution < -0.4 is 4.74 Å². The predicted octanol–water partition coefficient (Wildman–Crippen LogP) is 5.62. The molecule has 2 heterocycles. The maximum Gasteiger partial charge on any atom is 0.270 e. The monoisotopic (exact) mass is 474 g/mol. The Morgan fingerprint density at radius 2 is 1.88 bits per heavy atom. The fourth-order valence-corrected chi connectivity index (χ4v) is 4.82. The average Bonchev–Trinajstić information content (AvgIpc) is 3.26. The van der Waals surface area contributed by atoms with Gasteiger partial charge in [-0.2, -0.15) is 0 Å². The number of hydrogen-bond donors (Lipinski definition) is 0. The maximum atomic E-state index is 11.5. The van der Waals surface area contributed by atoms with Gasteiger partial charge in [-0.15, -0.1) is 10.2 Å². The number of rotatable bonds is 6. The lowest BCUT2D eigenvalue weighted by Gasteiger charge is -2.20. The van der Waals surface area contributed by atoms with Gasteiger partial charge in [0.05, 0.1) is 11.5 Å². The number of fused-ring (bicyclic) bond motifs is 1. The molecule has 3 aromatic carbocycles. The van der Waals surface area contributed by atoms with E-state index in [4.69, 9.17) is 9.47 Å². The van der Waals surface area contributed by atoms with Crippen LogP contribution in [0.2, 0.25) is 0 Å². The van der Waals surface area contributed by atoms with Gasteiger partial charge in [0.25, 0.3) is 5.69 Å². The summed E-state index contributed by atoms with van der Waals surface area (Å²) < 4.78 is 13.0. The minimum absolute atomic E-state index is 0.0175. The summed E-state index contributed by atoms with van der Waals surface area (Å²) in [7, 11) is 0. The summed E-state index contributed by atoms with van der Waals surface area (Å²) in [4.78, 5) is 11.1. The summed E-state index contributed by atoms with van der Waals surface area (Å²) in [6, 6.07) is 19.4. The van der Waals surface area contributed by atoms with Gasteiger partial charge in [0.2, 0.25) is 0 Å². The molecular weight excluding hydrogens is 452 g/mol. The highest BCUT2D eigenvalue weighted by Gasteiger charge is 2.23. The molecule has 5 rings (SSSR count). The van der Waals surface area contributed by atoms with Crippen molar-refractivity contribution in [2.45, 2.75) is 31.4 Å². The molecule has 172 valence electrons. The molecule has 0 fully saturated rings. The first-order chi connectivity index (χ1) is 16.5. The number of nitro groups is 1. The predicted molar refractivity (Wildman–Crippen MR) is 129 cm³/mol. The van der Waals surface area contributed by atoms with Gasteiger partial charge in [0.1, 0.15) is 5.75 Å². The number of nitro benzene ring substituents is 1. The molecule has 0 radical (unpaired) electrons. The van der Waals surface area contributed by atoms with E-state index in [0.29, 0.717) is 22.2 Å². The Kier molecular flexibility index (Phi) is 6.04. The standard InChI is InChI=1S/C25H22N4O4S/c1-16-6-8-21(9-7-16)28-24(18-5-3-4-17(2)10-18)26-27-25(28)34-14-20-12-22(29(30)31)11-19-13-32-15-33-23(19)20/h3-12H,13-15H2,1-2H3. The number of aryl methyl sites for hydroxylation is 2. The molecule has 0 N–H and O–H groups in total. The third-order valence-electron chi connectivity index (χ3n) is 5.54. The minimum Gasteiger partial charge on any atom is -0.467 e. The molecule has 0 unspecified atom stereocenters. The number of ether oxygens (including phenoxy) is 2. The van der Waals surface area contributed by atoms with E-state index in [9.17, 15) is 10.1 Å². The lowest BCUT2D eigenvalue weighted by Crippen LogP contribution is -2.13. The SMILES string of the molecule is Cc1ccc(-n2c(SCc3cc([N+](=O)[O-])cc4c3OCOC4)nnc2-c2cccc(C)c2)cc1. The van der Waals surface area contributed by atoms with Crippen molar-refractivity contribution < 1.29 is 14.4 Å². The summed E-state index contributed by atoms with van der Waals surface area (Å²) in [6.07, 6.45) is 0. The number of thioether (sulfide) groups is 1. The lowest BCUT2D eigenvalue weighted by atomic mass is 10.1. The number of non-ortho nitro benzene ring substituents is 1. The largest absolute Gasteiger partial charge is 0.467 e. The first-order valence-electron chi connectivity index (χ1n) is 10.7. The zero-order chi connectivity index (χ0) is 23.7. The van der Waals surface area contributed by atoms with E-state index in [2.05, 4.69) is 28.4 Å². The van der Waals surface area contributed by atoms with E-state index in [1.54, 1.807) is 6.07 Å². The van der Waals surface area contributed by atoms with Crippen molar-refractivity contribution in [2.24, 2.45) is 0 Å². The van der Waals surface area contributed by atoms with E-state index in [1.165, 1.54) is 17.8 Å². The zero-order valence-electron chi connectivity index (χ0n) is 18.7. The smallest absolute Gasteiger partial charge is 0.270 e. The van der Waals surface area contributed by atoms with Gasteiger partial charge in [-0.1, -0.05) is 53.2 Å². The van der Waals surface area contributed by atoms with Gasteiger partial charge < -0.3 is 9.47 Å². The van der Waals surface area contributed by atoms with Gasteiger partial charge in [-0.3, -0.25) is 14.7 Å². The summed E-state index contributed by atoms with van der Waals surface area (Å²) in [6.45, 7) is 4.49. The zero-order valence-corrected chi connectivity index (χ0v) is 19.5. The minimum atomic E-state index is -0.395. The molecule has 0 spiro atoms. The molecule has 9 heteroatoms. The van der Waals surface area contributed by atoms with Gasteiger partial charge in [0, 0.05) is 40.3 Å². The van der Waals surface area contributed by atoms with Crippen LogP contribution in [0.5, 0.6) is 5.75 Å². The van der Waals surface area contributed by atoms with Crippen LogP contribution in [0.4, 0.5) is 5.69 Å². The number of hydrogen-bond acceptors (Lipinski definition) is 7. The summed E-state index contributed by atoms with van der Waals surface area (Å²) in [5.74, 6) is 1.81. The van der Waals surface area contributed by atoms with E-state index < -0.39 is 4.92 Å². The van der Waals surface area contributed by atoms with Crippen LogP contribution in [-0.4, -0.2) is 26.5 Å². The van der Waals surface area contributed by atoms with Gasteiger partial charge >= 0.3 is 0 Å². The van der Waals surface area contributed by atoms with Crippen molar-refractivity contribution in [1.29, 1.82) is 0 Å². The first-order valence-corrected chi connectivity index (χ1v) is 11.7. The fourth-order valence-electron chi connectivity index (χ4n) is 3.90. The molecule has 4 aromatic rings. The number of benzene rings is 3. The number of nitrogens with zero attached hydrogens (tertiary/aromatic N) is 4. The van der Waals surface area contributed by atoms with E-state index in [1.807, 2.05) is 48.7 Å². The number of aromatic nitrogens is 3. The molecule has 0 saturated heterocycles. The Bertz CT molecular complexity index is 1370. The van der Waals surface area contributed by atoms with Crippen LogP contribution in [0.25, 0.3) is 17.1 Å². The summed E-state index contributed by atoms with van der Waals surface area (Å²) in [5, 5.41) is 21.1. The van der Waals surface area contributed by atoms with Crippen LogP contribution >= 0.6 is 11.8 Å². The van der Waals surface area contributed by atoms with E-state index >= 15 is 0 Å². The van der Waals surface area contributed by atoms with Crippen molar-refractivity contribution in [3.8, 4) is 22.8 Å². The molecule has 0 amide bonds. The molecule has 1 aromatic heterocycles. The van der Waals surface area contributed by atoms with Crippen LogP contribution in [0.1, 0.15) is 22.3 Å². The van der Waals surface area contributed by atoms with Crippen molar-refractivity contribution >= 4 is 17.4 Å². The Balaban J connectivity index is 1.54. The molecule has 0 atom stereocenters. The highest BCUT2D eigenvalue weighted by atomic mass is 32.2. The van der Waals surface area contributed by atoms with Crippen molar-refractivity contribution in [1.82, 2.24) is 14.8 Å². The highest BCUT2D eigenvalue weighted by molar-refractivity contribution is 7.98. The van der Waals surface area contributed by atoms with Crippen molar-refractivity contribution in [2.75, 3.05) is 6.79 Å². The molecule has 0 aliphatic carbocycles. The Morgan fingerprint density at radius 1 is 1.06 bits per heavy atom. The van der Waals surface area contributed by atoms with Gasteiger partial charge in [0.15, 0.2) is 17.8 Å². The molecule has 0 saturated carbocycles. The third kappa shape index (κ3) is 4.40. The maximum absolute atomic E-state index is 11.5. The lowest BCUT2D eigenvalue weighted by molar-refractivity contribution is -0.385. The third-order valence-corrected chi connectivity index (χ3v) is 6.52. The molecule has 34 heavy (non-hydrogen) atoms. The molecular formula is C25H22N4O4S. The normalized spacial score (nSPS) is 12.8. The second kappa shape index (κ2) is 9.28. The molecule has 8 nitrogen and oxygen atoms in total. The Morgan fingerprint density at radius 3 is 2.65 bits per heavy atom. The quantitative estimate of drug-likeness (QED) is 0.203. The topological polar surface area (TPSA) is 92.3 Å². The van der Waals surface area contributed by atoms with E-state index in [0.717, 1.165) is 33.8 Å². The van der Waals surface area contributed by atoms with Crippen molar-refractivity contribution in [3.05, 3.63) is 93.0 Å². The molecule has 0 bridgehead atoms. The second-order valence-corrected chi connectivity index (χ2v) is 9.04. The van der Waals surface area contributed by atoms with Crippen molar-refractivity contribution in [3.63, 3.8) is 0 Å². The second-order valence-electron chi connectivity index (χ2n) is 8.10. The Hall–Kier alpha value is -3.69. The van der Waals surface area contributed by atoms with E-state index in [-0.39, 0.29) is 19.1 Å². The molecule has 1 aliphatic rings. The highest BCUT2D eigenvalue weighted by Crippen LogP contribution is 2.37. The average molecular weight is 475 g/mol. The fraction of sp³-hybridized carbons (Fsp3) is 0.200.